The van der Waals surface area contributed by atoms with Crippen molar-refractivity contribution in [2.24, 2.45) is 0 Å². The molecule has 0 aromatic rings. The maximum atomic E-state index is 12.0. The number of carbonyl (C=O) groups is 2. The van der Waals surface area contributed by atoms with E-state index in [2.05, 4.69) is 5.32 Å². The summed E-state index contributed by atoms with van der Waals surface area (Å²) >= 11 is 1.88. The van der Waals surface area contributed by atoms with E-state index in [4.69, 9.17) is 9.84 Å². The second kappa shape index (κ2) is 7.00. The number of carboxylic acids is 1. The number of morpholine rings is 1. The monoisotopic (exact) mass is 288 g/mol. The second-order valence-corrected chi connectivity index (χ2v) is 6.21. The molecule has 2 heterocycles. The molecule has 2 rings (SSSR count). The zero-order chi connectivity index (χ0) is 13.7. The summed E-state index contributed by atoms with van der Waals surface area (Å²) in [6, 6.07) is -1.16. The van der Waals surface area contributed by atoms with E-state index in [1.807, 2.05) is 11.8 Å². The van der Waals surface area contributed by atoms with Gasteiger partial charge in [0.2, 0.25) is 0 Å². The fourth-order valence-corrected chi connectivity index (χ4v) is 3.56. The van der Waals surface area contributed by atoms with Gasteiger partial charge in [-0.15, -0.1) is 0 Å². The van der Waals surface area contributed by atoms with Crippen LogP contribution < -0.4 is 5.32 Å². The molecule has 2 N–H and O–H groups in total. The van der Waals surface area contributed by atoms with Crippen LogP contribution in [-0.4, -0.2) is 65.4 Å². The highest BCUT2D eigenvalue weighted by molar-refractivity contribution is 7.99. The van der Waals surface area contributed by atoms with Crippen LogP contribution in [0.4, 0.5) is 4.79 Å². The predicted octanol–water partition coefficient (Wildman–Crippen LogP) is 0.767. The molecule has 2 aliphatic rings. The molecule has 0 aromatic carbocycles. The highest BCUT2D eigenvalue weighted by atomic mass is 32.2. The first kappa shape index (κ1) is 14.5. The van der Waals surface area contributed by atoms with Crippen molar-refractivity contribution in [1.82, 2.24) is 10.2 Å². The predicted molar refractivity (Wildman–Crippen MR) is 72.4 cm³/mol. The molecule has 0 bridgehead atoms. The summed E-state index contributed by atoms with van der Waals surface area (Å²) < 4.78 is 5.11. The Morgan fingerprint density at radius 3 is 2.95 bits per heavy atom. The maximum Gasteiger partial charge on any atom is 0.328 e. The Morgan fingerprint density at radius 1 is 1.42 bits per heavy atom. The molecule has 0 aromatic heterocycles. The fourth-order valence-electron chi connectivity index (χ4n) is 2.32. The minimum atomic E-state index is -1.01. The van der Waals surface area contributed by atoms with Crippen LogP contribution in [0.2, 0.25) is 0 Å². The van der Waals surface area contributed by atoms with E-state index in [-0.39, 0.29) is 12.6 Å². The Morgan fingerprint density at radius 2 is 2.26 bits per heavy atom. The quantitative estimate of drug-likeness (QED) is 0.802. The molecule has 7 heteroatoms. The van der Waals surface area contributed by atoms with Crippen molar-refractivity contribution in [3.05, 3.63) is 0 Å². The van der Waals surface area contributed by atoms with Crippen LogP contribution in [0.1, 0.15) is 19.3 Å². The van der Waals surface area contributed by atoms with Crippen LogP contribution in [0.5, 0.6) is 0 Å². The summed E-state index contributed by atoms with van der Waals surface area (Å²) in [5.74, 6) is 0.137. The summed E-state index contributed by atoms with van der Waals surface area (Å²) in [4.78, 5) is 24.5. The number of rotatable bonds is 3. The van der Waals surface area contributed by atoms with Gasteiger partial charge in [0.05, 0.1) is 13.2 Å². The Hall–Kier alpha value is -0.950. The molecule has 2 atom stereocenters. The third-order valence-corrected chi connectivity index (χ3v) is 4.83. The minimum absolute atomic E-state index is 0.0704. The highest BCUT2D eigenvalue weighted by Crippen LogP contribution is 2.24. The largest absolute Gasteiger partial charge is 0.480 e. The number of ether oxygens (including phenoxy) is 1. The smallest absolute Gasteiger partial charge is 0.328 e. The van der Waals surface area contributed by atoms with Crippen molar-refractivity contribution < 1.29 is 19.4 Å². The van der Waals surface area contributed by atoms with Crippen LogP contribution in [0.15, 0.2) is 0 Å². The number of nitrogens with one attached hydrogen (secondary N) is 1. The van der Waals surface area contributed by atoms with E-state index in [0.29, 0.717) is 24.9 Å². The number of hydrogen-bond donors (Lipinski definition) is 2. The fraction of sp³-hybridized carbons (Fsp3) is 0.833. The Labute approximate surface area is 116 Å². The van der Waals surface area contributed by atoms with Gasteiger partial charge in [-0.2, -0.15) is 11.8 Å². The van der Waals surface area contributed by atoms with Gasteiger partial charge in [0.15, 0.2) is 6.04 Å². The summed E-state index contributed by atoms with van der Waals surface area (Å²) in [6.45, 7) is 1.42. The van der Waals surface area contributed by atoms with Gasteiger partial charge < -0.3 is 20.1 Å². The molecular weight excluding hydrogens is 268 g/mol. The molecule has 0 aliphatic carbocycles. The third-order valence-electron chi connectivity index (χ3n) is 3.43. The van der Waals surface area contributed by atoms with E-state index in [1.165, 1.54) is 17.7 Å². The number of aliphatic carboxylic acids is 1. The molecule has 2 saturated heterocycles. The SMILES string of the molecule is O=C(O)C1COCCN1C(=O)NCC1CCCCS1. The molecule has 2 amide bonds. The van der Waals surface area contributed by atoms with Crippen LogP contribution in [0.25, 0.3) is 0 Å². The van der Waals surface area contributed by atoms with Gasteiger partial charge in [-0.05, 0) is 18.6 Å². The molecule has 0 spiro atoms. The second-order valence-electron chi connectivity index (χ2n) is 4.80. The van der Waals surface area contributed by atoms with E-state index < -0.39 is 12.0 Å². The van der Waals surface area contributed by atoms with Gasteiger partial charge in [-0.25, -0.2) is 9.59 Å². The summed E-state index contributed by atoms with van der Waals surface area (Å²) in [5.41, 5.74) is 0. The number of carboxylic acid groups (broad SMARTS) is 1. The van der Waals surface area contributed by atoms with Crippen LogP contribution in [0, 0.1) is 0 Å². The van der Waals surface area contributed by atoms with E-state index in [0.717, 1.165) is 12.2 Å². The number of thioether (sulfide) groups is 1. The van der Waals surface area contributed by atoms with Crippen molar-refractivity contribution in [3.63, 3.8) is 0 Å². The molecular formula is C12H20N2O4S. The van der Waals surface area contributed by atoms with Crippen molar-refractivity contribution in [3.8, 4) is 0 Å². The van der Waals surface area contributed by atoms with Gasteiger partial charge in [0.1, 0.15) is 0 Å². The topological polar surface area (TPSA) is 78.9 Å². The lowest BCUT2D eigenvalue weighted by Crippen LogP contribution is -2.56. The molecule has 0 saturated carbocycles. The molecule has 108 valence electrons. The first-order valence-electron chi connectivity index (χ1n) is 6.65. The molecule has 6 nitrogen and oxygen atoms in total. The Bertz CT molecular complexity index is 334. The van der Waals surface area contributed by atoms with Crippen molar-refractivity contribution >= 4 is 23.8 Å². The summed E-state index contributed by atoms with van der Waals surface area (Å²) in [6.07, 6.45) is 3.58. The lowest BCUT2D eigenvalue weighted by molar-refractivity contribution is -0.147. The zero-order valence-corrected chi connectivity index (χ0v) is 11.7. The van der Waals surface area contributed by atoms with Crippen LogP contribution >= 0.6 is 11.8 Å². The molecule has 2 fully saturated rings. The van der Waals surface area contributed by atoms with E-state index in [1.54, 1.807) is 0 Å². The summed E-state index contributed by atoms with van der Waals surface area (Å²) in [5, 5.41) is 12.4. The van der Waals surface area contributed by atoms with Crippen molar-refractivity contribution in [2.45, 2.75) is 30.6 Å². The average Bonchev–Trinajstić information content (AvgIpc) is 2.46. The Balaban J connectivity index is 1.81. The highest BCUT2D eigenvalue weighted by Gasteiger charge is 2.32. The number of amides is 2. The summed E-state index contributed by atoms with van der Waals surface area (Å²) in [7, 11) is 0. The molecule has 0 radical (unpaired) electrons. The van der Waals surface area contributed by atoms with Gasteiger partial charge in [0.25, 0.3) is 0 Å². The van der Waals surface area contributed by atoms with E-state index >= 15 is 0 Å². The van der Waals surface area contributed by atoms with Crippen LogP contribution in [-0.2, 0) is 9.53 Å². The first-order chi connectivity index (χ1) is 9.18. The standard InChI is InChI=1S/C12H20N2O4S/c15-11(16)10-8-18-5-4-14(10)12(17)13-7-9-3-1-2-6-19-9/h9-10H,1-8H2,(H,13,17)(H,15,16). The molecule has 19 heavy (non-hydrogen) atoms. The van der Waals surface area contributed by atoms with Gasteiger partial charge in [0, 0.05) is 18.3 Å². The molecule has 2 unspecified atom stereocenters. The lowest BCUT2D eigenvalue weighted by Gasteiger charge is -2.33. The Kier molecular flexibility index (Phi) is 5.33. The van der Waals surface area contributed by atoms with Crippen molar-refractivity contribution in [1.29, 1.82) is 0 Å². The normalized spacial score (nSPS) is 27.9. The van der Waals surface area contributed by atoms with Gasteiger partial charge in [-0.1, -0.05) is 6.42 Å². The number of nitrogens with zero attached hydrogens (tertiary/aromatic N) is 1. The van der Waals surface area contributed by atoms with Gasteiger partial charge in [-0.3, -0.25) is 0 Å². The number of hydrogen-bond acceptors (Lipinski definition) is 4. The number of carbonyl (C=O) groups excluding carboxylic acids is 1. The maximum absolute atomic E-state index is 12.0. The first-order valence-corrected chi connectivity index (χ1v) is 7.70. The molecule has 2 aliphatic heterocycles. The van der Waals surface area contributed by atoms with Crippen molar-refractivity contribution in [2.75, 3.05) is 32.1 Å². The minimum Gasteiger partial charge on any atom is -0.480 e. The third kappa shape index (κ3) is 4.01. The average molecular weight is 288 g/mol. The van der Waals surface area contributed by atoms with Gasteiger partial charge >= 0.3 is 12.0 Å². The number of urea groups is 1. The van der Waals surface area contributed by atoms with E-state index in [9.17, 15) is 9.59 Å². The van der Waals surface area contributed by atoms with Crippen LogP contribution in [0.3, 0.4) is 0 Å². The lowest BCUT2D eigenvalue weighted by atomic mass is 10.2. The zero-order valence-electron chi connectivity index (χ0n) is 10.8.